The molecule has 25 heavy (non-hydrogen) atoms. The zero-order valence-corrected chi connectivity index (χ0v) is 13.4. The maximum absolute atomic E-state index is 12.1. The van der Waals surface area contributed by atoms with E-state index < -0.39 is 16.7 Å². The zero-order chi connectivity index (χ0) is 18.4. The number of nitro groups is 1. The lowest BCUT2D eigenvalue weighted by Crippen LogP contribution is -2.41. The summed E-state index contributed by atoms with van der Waals surface area (Å²) in [5.41, 5.74) is 4.73. The van der Waals surface area contributed by atoms with E-state index >= 15 is 0 Å². The summed E-state index contributed by atoms with van der Waals surface area (Å²) < 4.78 is 10.1. The van der Waals surface area contributed by atoms with Crippen LogP contribution in [0, 0.1) is 10.1 Å². The number of amides is 2. The van der Waals surface area contributed by atoms with E-state index in [0.29, 0.717) is 11.5 Å². The van der Waals surface area contributed by atoms with Gasteiger partial charge in [-0.3, -0.25) is 30.6 Å². The minimum absolute atomic E-state index is 0.135. The number of nitrogens with one attached hydrogen (secondary N) is 2. The molecule has 9 nitrogen and oxygen atoms in total. The van der Waals surface area contributed by atoms with Gasteiger partial charge in [-0.15, -0.1) is 0 Å². The smallest absolute Gasteiger partial charge is 0.269 e. The zero-order valence-electron chi connectivity index (χ0n) is 13.4. The van der Waals surface area contributed by atoms with Crippen molar-refractivity contribution < 1.29 is 24.0 Å². The quantitative estimate of drug-likeness (QED) is 0.628. The topological polar surface area (TPSA) is 120 Å². The van der Waals surface area contributed by atoms with Crippen molar-refractivity contribution in [2.75, 3.05) is 14.2 Å². The first-order valence-electron chi connectivity index (χ1n) is 7.03. The standard InChI is InChI=1S/C16H15N3O6/c1-24-13-7-11(8-14(9-13)25-2)16(21)18-17-15(20)10-3-5-12(6-4-10)19(22)23/h3-9H,1-2H3,(H,17,20)(H,18,21). The van der Waals surface area contributed by atoms with Crippen LogP contribution in [0.2, 0.25) is 0 Å². The van der Waals surface area contributed by atoms with Crippen LogP contribution >= 0.6 is 0 Å². The van der Waals surface area contributed by atoms with Crippen LogP contribution in [0.25, 0.3) is 0 Å². The van der Waals surface area contributed by atoms with Crippen LogP contribution in [0.15, 0.2) is 42.5 Å². The van der Waals surface area contributed by atoms with E-state index in [0.717, 1.165) is 0 Å². The van der Waals surface area contributed by atoms with Crippen molar-refractivity contribution in [2.24, 2.45) is 0 Å². The van der Waals surface area contributed by atoms with Gasteiger partial charge in [-0.2, -0.15) is 0 Å². The molecule has 2 amide bonds. The summed E-state index contributed by atoms with van der Waals surface area (Å²) in [5, 5.41) is 10.6. The number of hydrazine groups is 1. The Morgan fingerprint density at radius 3 is 1.80 bits per heavy atom. The minimum Gasteiger partial charge on any atom is -0.497 e. The van der Waals surface area contributed by atoms with Gasteiger partial charge in [0.25, 0.3) is 17.5 Å². The van der Waals surface area contributed by atoms with Crippen LogP contribution in [0.3, 0.4) is 0 Å². The summed E-state index contributed by atoms with van der Waals surface area (Å²) in [5.74, 6) is -0.344. The molecular formula is C16H15N3O6. The predicted octanol–water partition coefficient (Wildman–Crippen LogP) is 1.69. The van der Waals surface area contributed by atoms with E-state index in [2.05, 4.69) is 10.9 Å². The van der Waals surface area contributed by atoms with Gasteiger partial charge in [0.05, 0.1) is 19.1 Å². The molecule has 0 saturated heterocycles. The second kappa shape index (κ2) is 7.77. The van der Waals surface area contributed by atoms with Gasteiger partial charge in [-0.1, -0.05) is 0 Å². The molecule has 0 aromatic heterocycles. The van der Waals surface area contributed by atoms with Gasteiger partial charge < -0.3 is 9.47 Å². The number of nitrogens with zero attached hydrogens (tertiary/aromatic N) is 1. The van der Waals surface area contributed by atoms with Gasteiger partial charge in [0, 0.05) is 29.3 Å². The Kier molecular flexibility index (Phi) is 5.51. The molecule has 0 saturated carbocycles. The van der Waals surface area contributed by atoms with E-state index in [9.17, 15) is 19.7 Å². The normalized spacial score (nSPS) is 9.84. The summed E-state index contributed by atoms with van der Waals surface area (Å²) in [7, 11) is 2.90. The average Bonchev–Trinajstić information content (AvgIpc) is 2.65. The van der Waals surface area contributed by atoms with Gasteiger partial charge in [-0.25, -0.2) is 0 Å². The van der Waals surface area contributed by atoms with E-state index in [1.807, 2.05) is 0 Å². The first-order valence-corrected chi connectivity index (χ1v) is 7.03. The van der Waals surface area contributed by atoms with Crippen LogP contribution in [-0.4, -0.2) is 31.0 Å². The third-order valence-corrected chi connectivity index (χ3v) is 3.24. The molecule has 0 aliphatic rings. The van der Waals surface area contributed by atoms with E-state index in [1.165, 1.54) is 50.6 Å². The Balaban J connectivity index is 2.04. The number of carbonyl (C=O) groups excluding carboxylic acids is 2. The third kappa shape index (κ3) is 4.44. The molecule has 2 rings (SSSR count). The minimum atomic E-state index is -0.613. The first kappa shape index (κ1) is 17.7. The lowest BCUT2D eigenvalue weighted by atomic mass is 10.2. The van der Waals surface area contributed by atoms with Crippen molar-refractivity contribution in [3.63, 3.8) is 0 Å². The summed E-state index contributed by atoms with van der Waals surface area (Å²) in [6.07, 6.45) is 0. The Hall–Kier alpha value is -3.62. The molecule has 2 N–H and O–H groups in total. The SMILES string of the molecule is COc1cc(OC)cc(C(=O)NNC(=O)c2ccc([N+](=O)[O-])cc2)c1. The molecule has 9 heteroatoms. The summed E-state index contributed by atoms with van der Waals surface area (Å²) in [6.45, 7) is 0. The van der Waals surface area contributed by atoms with Crippen molar-refractivity contribution in [3.8, 4) is 11.5 Å². The average molecular weight is 345 g/mol. The fourth-order valence-electron chi connectivity index (χ4n) is 1.93. The van der Waals surface area contributed by atoms with E-state index in [4.69, 9.17) is 9.47 Å². The number of carbonyl (C=O) groups is 2. The summed E-state index contributed by atoms with van der Waals surface area (Å²) in [6, 6.07) is 9.54. The molecule has 0 aliphatic carbocycles. The molecule has 0 atom stereocenters. The number of rotatable bonds is 5. The highest BCUT2D eigenvalue weighted by atomic mass is 16.6. The molecule has 2 aromatic carbocycles. The number of hydrogen-bond donors (Lipinski definition) is 2. The first-order chi connectivity index (χ1) is 11.9. The molecule has 0 spiro atoms. The highest BCUT2D eigenvalue weighted by Gasteiger charge is 2.13. The number of nitro benzene ring substituents is 1. The molecule has 0 fully saturated rings. The summed E-state index contributed by atoms with van der Waals surface area (Å²) in [4.78, 5) is 34.1. The molecule has 0 radical (unpaired) electrons. The Morgan fingerprint density at radius 2 is 1.36 bits per heavy atom. The number of hydrogen-bond acceptors (Lipinski definition) is 6. The van der Waals surface area contributed by atoms with Gasteiger partial charge >= 0.3 is 0 Å². The second-order valence-electron chi connectivity index (χ2n) is 4.81. The van der Waals surface area contributed by atoms with Crippen LogP contribution in [0.5, 0.6) is 11.5 Å². The highest BCUT2D eigenvalue weighted by molar-refractivity contribution is 5.99. The number of non-ortho nitro benzene ring substituents is 1. The third-order valence-electron chi connectivity index (χ3n) is 3.24. The summed E-state index contributed by atoms with van der Waals surface area (Å²) >= 11 is 0. The van der Waals surface area contributed by atoms with Crippen LogP contribution < -0.4 is 20.3 Å². The maximum Gasteiger partial charge on any atom is 0.269 e. The van der Waals surface area contributed by atoms with Crippen molar-refractivity contribution in [3.05, 3.63) is 63.7 Å². The number of benzene rings is 2. The van der Waals surface area contributed by atoms with E-state index in [1.54, 1.807) is 6.07 Å². The van der Waals surface area contributed by atoms with E-state index in [-0.39, 0.29) is 16.8 Å². The molecule has 0 aliphatic heterocycles. The van der Waals surface area contributed by atoms with Gasteiger partial charge in [0.1, 0.15) is 11.5 Å². The van der Waals surface area contributed by atoms with Crippen molar-refractivity contribution in [1.82, 2.24) is 10.9 Å². The van der Waals surface area contributed by atoms with Crippen LogP contribution in [0.4, 0.5) is 5.69 Å². The molecule has 0 bridgehead atoms. The van der Waals surface area contributed by atoms with Crippen LogP contribution in [-0.2, 0) is 0 Å². The fourth-order valence-corrected chi connectivity index (χ4v) is 1.93. The maximum atomic E-state index is 12.1. The predicted molar refractivity (Wildman–Crippen MR) is 87.6 cm³/mol. The van der Waals surface area contributed by atoms with Gasteiger partial charge in [0.2, 0.25) is 0 Å². The number of ether oxygens (including phenoxy) is 2. The molecule has 0 heterocycles. The molecule has 130 valence electrons. The molecule has 0 unspecified atom stereocenters. The number of methoxy groups -OCH3 is 2. The highest BCUT2D eigenvalue weighted by Crippen LogP contribution is 2.22. The Morgan fingerprint density at radius 1 is 0.880 bits per heavy atom. The largest absolute Gasteiger partial charge is 0.497 e. The Labute approximate surface area is 142 Å². The monoisotopic (exact) mass is 345 g/mol. The van der Waals surface area contributed by atoms with Gasteiger partial charge in [0.15, 0.2) is 0 Å². The van der Waals surface area contributed by atoms with Crippen molar-refractivity contribution in [2.45, 2.75) is 0 Å². The lowest BCUT2D eigenvalue weighted by Gasteiger charge is -2.10. The molecule has 2 aromatic rings. The molecular weight excluding hydrogens is 330 g/mol. The Bertz CT molecular complexity index is 782. The van der Waals surface area contributed by atoms with Crippen LogP contribution in [0.1, 0.15) is 20.7 Å². The van der Waals surface area contributed by atoms with Crippen molar-refractivity contribution >= 4 is 17.5 Å². The lowest BCUT2D eigenvalue weighted by molar-refractivity contribution is -0.384. The fraction of sp³-hybridized carbons (Fsp3) is 0.125. The van der Waals surface area contributed by atoms with Gasteiger partial charge in [-0.05, 0) is 24.3 Å². The second-order valence-corrected chi connectivity index (χ2v) is 4.81. The van der Waals surface area contributed by atoms with Crippen molar-refractivity contribution in [1.29, 1.82) is 0 Å².